The van der Waals surface area contributed by atoms with Crippen LogP contribution in [0.3, 0.4) is 0 Å². The Morgan fingerprint density at radius 2 is 1.67 bits per heavy atom. The van der Waals surface area contributed by atoms with Gasteiger partial charge in [0.2, 0.25) is 0 Å². The molecule has 4 heteroatoms. The summed E-state index contributed by atoms with van der Waals surface area (Å²) in [7, 11) is -0.170. The first-order valence-corrected chi connectivity index (χ1v) is 8.29. The molecule has 2 rings (SSSR count). The van der Waals surface area contributed by atoms with E-state index in [-0.39, 0.29) is 17.1 Å². The number of rotatable bonds is 6. The van der Waals surface area contributed by atoms with Crippen molar-refractivity contribution in [3.05, 3.63) is 54.6 Å². The number of aliphatic hydroxyl groups excluding tert-OH is 2. The summed E-state index contributed by atoms with van der Waals surface area (Å²) in [6, 6.07) is 17.5. The molecule has 0 radical (unpaired) electrons. The number of ether oxygens (including phenoxy) is 1. The van der Waals surface area contributed by atoms with Crippen LogP contribution in [0.25, 0.3) is 0 Å². The summed E-state index contributed by atoms with van der Waals surface area (Å²) in [5.74, 6) is 2.14. The minimum atomic E-state index is -0.676. The zero-order chi connectivity index (χ0) is 15.1. The molecule has 2 atom stereocenters. The molecule has 0 bridgehead atoms. The van der Waals surface area contributed by atoms with Crippen LogP contribution in [0, 0.1) is 0 Å². The lowest BCUT2D eigenvalue weighted by atomic mass is 10.3. The lowest BCUT2D eigenvalue weighted by Gasteiger charge is -2.13. The molecular weight excluding hydrogens is 284 g/mol. The van der Waals surface area contributed by atoms with Crippen molar-refractivity contribution in [1.82, 2.24) is 0 Å². The van der Waals surface area contributed by atoms with E-state index in [4.69, 9.17) is 9.84 Å². The number of hydrogen-bond donors (Lipinski definition) is 2. The highest BCUT2D eigenvalue weighted by atomic mass is 32.2. The van der Waals surface area contributed by atoms with E-state index in [1.165, 1.54) is 0 Å². The van der Waals surface area contributed by atoms with Crippen molar-refractivity contribution in [2.24, 2.45) is 0 Å². The molecule has 112 valence electrons. The molecule has 21 heavy (non-hydrogen) atoms. The van der Waals surface area contributed by atoms with Gasteiger partial charge in [0.05, 0.1) is 12.7 Å². The summed E-state index contributed by atoms with van der Waals surface area (Å²) in [6.07, 6.45) is -0.676. The van der Waals surface area contributed by atoms with Crippen LogP contribution in [-0.2, 0) is 0 Å². The topological polar surface area (TPSA) is 49.7 Å². The van der Waals surface area contributed by atoms with Crippen molar-refractivity contribution in [3.8, 4) is 11.5 Å². The monoisotopic (exact) mass is 304 g/mol. The fraction of sp³-hybridized carbons (Fsp3) is 0.235. The third kappa shape index (κ3) is 4.70. The van der Waals surface area contributed by atoms with E-state index in [2.05, 4.69) is 5.37 Å². The first kappa shape index (κ1) is 15.8. The van der Waals surface area contributed by atoms with Gasteiger partial charge in [0, 0.05) is 10.6 Å². The normalized spacial score (nSPS) is 13.9. The molecule has 0 saturated heterocycles. The number of para-hydroxylation sites is 1. The Bertz CT molecular complexity index is 579. The third-order valence-corrected chi connectivity index (χ3v) is 5.16. The van der Waals surface area contributed by atoms with Gasteiger partial charge in [-0.05, 0) is 43.3 Å². The second-order valence-electron chi connectivity index (χ2n) is 4.55. The van der Waals surface area contributed by atoms with Gasteiger partial charge in [-0.25, -0.2) is 0 Å². The second-order valence-corrected chi connectivity index (χ2v) is 6.69. The Hall–Kier alpha value is -1.62. The lowest BCUT2D eigenvalue weighted by molar-refractivity contribution is 0.113. The number of aliphatic hydroxyl groups is 2. The molecule has 0 aliphatic carbocycles. The molecule has 0 heterocycles. The summed E-state index contributed by atoms with van der Waals surface area (Å²) in [4.78, 5) is 1.13. The largest absolute Gasteiger partial charge is 0.457 e. The Morgan fingerprint density at radius 3 is 2.24 bits per heavy atom. The first-order chi connectivity index (χ1) is 10.2. The summed E-state index contributed by atoms with van der Waals surface area (Å²) < 4.78 is 5.75. The molecule has 2 N–H and O–H groups in total. The van der Waals surface area contributed by atoms with E-state index in [1.54, 1.807) is 0 Å². The van der Waals surface area contributed by atoms with E-state index in [0.29, 0.717) is 5.75 Å². The van der Waals surface area contributed by atoms with Crippen LogP contribution in [-0.4, -0.2) is 34.0 Å². The van der Waals surface area contributed by atoms with Crippen LogP contribution in [0.1, 0.15) is 6.92 Å². The zero-order valence-electron chi connectivity index (χ0n) is 12.0. The van der Waals surface area contributed by atoms with E-state index >= 15 is 0 Å². The molecule has 0 saturated carbocycles. The Morgan fingerprint density at radius 1 is 1.05 bits per heavy atom. The Labute approximate surface area is 127 Å². The van der Waals surface area contributed by atoms with Gasteiger partial charge in [-0.2, -0.15) is 10.5 Å². The molecule has 3 nitrogen and oxygen atoms in total. The highest BCUT2D eigenvalue weighted by molar-refractivity contribution is 8.15. The van der Waals surface area contributed by atoms with E-state index in [1.807, 2.05) is 61.5 Å². The maximum absolute atomic E-state index is 9.58. The predicted molar refractivity (Wildman–Crippen MR) is 88.5 cm³/mol. The highest BCUT2D eigenvalue weighted by Gasteiger charge is 2.07. The second kappa shape index (κ2) is 7.98. The summed E-state index contributed by atoms with van der Waals surface area (Å²) in [5.41, 5.74) is 0. The predicted octanol–water partition coefficient (Wildman–Crippen LogP) is 3.28. The van der Waals surface area contributed by atoms with Crippen molar-refractivity contribution < 1.29 is 14.9 Å². The van der Waals surface area contributed by atoms with Gasteiger partial charge in [-0.15, -0.1) is 0 Å². The van der Waals surface area contributed by atoms with E-state index < -0.39 is 6.10 Å². The van der Waals surface area contributed by atoms with Crippen LogP contribution >= 0.6 is 10.5 Å². The minimum absolute atomic E-state index is 0.170. The van der Waals surface area contributed by atoms with Gasteiger partial charge in [0.15, 0.2) is 0 Å². The molecule has 2 aromatic carbocycles. The molecule has 0 aliphatic heterocycles. The molecule has 0 amide bonds. The van der Waals surface area contributed by atoms with Crippen molar-refractivity contribution in [3.63, 3.8) is 0 Å². The van der Waals surface area contributed by atoms with E-state index in [0.717, 1.165) is 16.4 Å². The minimum Gasteiger partial charge on any atom is -0.457 e. The Kier molecular flexibility index (Phi) is 5.99. The quantitative estimate of drug-likeness (QED) is 0.805. The average Bonchev–Trinajstić information content (AvgIpc) is 2.54. The van der Waals surface area contributed by atoms with Gasteiger partial charge >= 0.3 is 0 Å². The van der Waals surface area contributed by atoms with Crippen LogP contribution in [0.2, 0.25) is 0 Å². The maximum Gasteiger partial charge on any atom is 0.127 e. The van der Waals surface area contributed by atoms with Crippen molar-refractivity contribution in [2.45, 2.75) is 17.9 Å². The van der Waals surface area contributed by atoms with Gasteiger partial charge in [0.1, 0.15) is 11.5 Å². The fourth-order valence-corrected chi connectivity index (χ4v) is 3.56. The summed E-state index contributed by atoms with van der Waals surface area (Å²) in [5, 5.41) is 20.6. The standard InChI is InChI=1S/C17H20O3S/c1-2-21(13-14(19)12-18)17-10-8-16(9-11-17)20-15-6-4-3-5-7-15/h2-11,14,18-19H,12-13H2,1H3. The van der Waals surface area contributed by atoms with Crippen molar-refractivity contribution >= 4 is 15.9 Å². The highest BCUT2D eigenvalue weighted by Crippen LogP contribution is 2.30. The Balaban J connectivity index is 2.07. The molecule has 0 spiro atoms. The smallest absolute Gasteiger partial charge is 0.127 e. The molecule has 0 aliphatic rings. The van der Waals surface area contributed by atoms with Gasteiger partial charge in [0.25, 0.3) is 0 Å². The number of benzene rings is 2. The molecular formula is C17H20O3S. The fourth-order valence-electron chi connectivity index (χ4n) is 1.90. The molecule has 0 aromatic heterocycles. The van der Waals surface area contributed by atoms with Crippen molar-refractivity contribution in [2.75, 3.05) is 12.4 Å². The molecule has 2 unspecified atom stereocenters. The van der Waals surface area contributed by atoms with Gasteiger partial charge < -0.3 is 14.9 Å². The molecule has 2 aromatic rings. The average molecular weight is 304 g/mol. The van der Waals surface area contributed by atoms with Gasteiger partial charge in [-0.3, -0.25) is 0 Å². The van der Waals surface area contributed by atoms with Crippen LogP contribution < -0.4 is 4.74 Å². The maximum atomic E-state index is 9.58. The van der Waals surface area contributed by atoms with Gasteiger partial charge in [-0.1, -0.05) is 23.6 Å². The van der Waals surface area contributed by atoms with Crippen molar-refractivity contribution in [1.29, 1.82) is 0 Å². The summed E-state index contributed by atoms with van der Waals surface area (Å²) in [6.45, 7) is 1.77. The molecule has 0 fully saturated rings. The zero-order valence-corrected chi connectivity index (χ0v) is 12.8. The van der Waals surface area contributed by atoms with Crippen LogP contribution in [0.15, 0.2) is 59.5 Å². The third-order valence-electron chi connectivity index (χ3n) is 2.97. The van der Waals surface area contributed by atoms with E-state index in [9.17, 15) is 5.11 Å². The first-order valence-electron chi connectivity index (χ1n) is 6.84. The SMILES string of the molecule is C/C=S(/CC(O)CO)c1ccc(Oc2ccccc2)cc1. The van der Waals surface area contributed by atoms with Crippen LogP contribution in [0.4, 0.5) is 0 Å². The number of hydrogen-bond acceptors (Lipinski definition) is 3. The van der Waals surface area contributed by atoms with Crippen LogP contribution in [0.5, 0.6) is 11.5 Å². The summed E-state index contributed by atoms with van der Waals surface area (Å²) >= 11 is 0. The lowest BCUT2D eigenvalue weighted by Crippen LogP contribution is -2.15.